The first-order valence-electron chi connectivity index (χ1n) is 6.43. The Balaban J connectivity index is 1.98. The van der Waals surface area contributed by atoms with Gasteiger partial charge in [0.15, 0.2) is 0 Å². The van der Waals surface area contributed by atoms with E-state index in [-0.39, 0.29) is 12.5 Å². The van der Waals surface area contributed by atoms with Crippen LogP contribution in [0, 0.1) is 0 Å². The molecule has 0 saturated heterocycles. The standard InChI is InChI=1S/C15H18N2O3/c1-2-7-16-10-15(18)17(11-13-5-3-8-19-13)12-14-6-4-9-20-14/h2-6,8-9,16H,1,7,10-12H2. The third-order valence-corrected chi connectivity index (χ3v) is 2.77. The van der Waals surface area contributed by atoms with Crippen molar-refractivity contribution in [1.82, 2.24) is 10.2 Å². The van der Waals surface area contributed by atoms with E-state index in [1.165, 1.54) is 0 Å². The number of carbonyl (C=O) groups is 1. The predicted molar refractivity (Wildman–Crippen MR) is 74.7 cm³/mol. The van der Waals surface area contributed by atoms with E-state index in [1.807, 2.05) is 12.1 Å². The molecule has 0 spiro atoms. The quantitative estimate of drug-likeness (QED) is 0.592. The van der Waals surface area contributed by atoms with Crippen molar-refractivity contribution in [3.05, 3.63) is 61.0 Å². The molecule has 0 aromatic carbocycles. The average Bonchev–Trinajstić information content (AvgIpc) is 3.11. The Morgan fingerprint density at radius 2 is 1.80 bits per heavy atom. The number of nitrogens with one attached hydrogen (secondary N) is 1. The van der Waals surface area contributed by atoms with Gasteiger partial charge in [0.05, 0.1) is 32.2 Å². The summed E-state index contributed by atoms with van der Waals surface area (Å²) in [6.45, 7) is 5.30. The van der Waals surface area contributed by atoms with Gasteiger partial charge >= 0.3 is 0 Å². The van der Waals surface area contributed by atoms with Gasteiger partial charge in [-0.2, -0.15) is 0 Å². The molecule has 0 saturated carbocycles. The van der Waals surface area contributed by atoms with Crippen molar-refractivity contribution < 1.29 is 13.6 Å². The number of hydrogen-bond acceptors (Lipinski definition) is 4. The molecule has 0 atom stereocenters. The minimum absolute atomic E-state index is 0.0142. The molecular weight excluding hydrogens is 256 g/mol. The molecule has 5 nitrogen and oxygen atoms in total. The smallest absolute Gasteiger partial charge is 0.237 e. The number of nitrogens with zero attached hydrogens (tertiary/aromatic N) is 1. The third kappa shape index (κ3) is 4.13. The molecule has 0 unspecified atom stereocenters. The Morgan fingerprint density at radius 1 is 1.20 bits per heavy atom. The molecule has 1 N–H and O–H groups in total. The van der Waals surface area contributed by atoms with E-state index in [2.05, 4.69) is 11.9 Å². The summed E-state index contributed by atoms with van der Waals surface area (Å²) in [6, 6.07) is 7.31. The molecule has 20 heavy (non-hydrogen) atoms. The van der Waals surface area contributed by atoms with Gasteiger partial charge in [-0.1, -0.05) is 6.08 Å². The Hall–Kier alpha value is -2.27. The average molecular weight is 274 g/mol. The molecule has 2 aromatic heterocycles. The van der Waals surface area contributed by atoms with Gasteiger partial charge in [-0.25, -0.2) is 0 Å². The molecule has 0 bridgehead atoms. The van der Waals surface area contributed by atoms with Gasteiger partial charge in [-0.05, 0) is 24.3 Å². The molecule has 106 valence electrons. The number of carbonyl (C=O) groups excluding carboxylic acids is 1. The SMILES string of the molecule is C=CCNCC(=O)N(Cc1ccco1)Cc1ccco1. The van der Waals surface area contributed by atoms with Crippen molar-refractivity contribution in [3.8, 4) is 0 Å². The van der Waals surface area contributed by atoms with E-state index in [1.54, 1.807) is 35.6 Å². The van der Waals surface area contributed by atoms with Gasteiger partial charge in [0.2, 0.25) is 5.91 Å². The molecule has 1 amide bonds. The lowest BCUT2D eigenvalue weighted by Gasteiger charge is -2.20. The maximum absolute atomic E-state index is 12.2. The second kappa shape index (κ2) is 7.35. The van der Waals surface area contributed by atoms with Crippen molar-refractivity contribution >= 4 is 5.91 Å². The molecule has 0 aliphatic carbocycles. The lowest BCUT2D eigenvalue weighted by Crippen LogP contribution is -2.37. The Labute approximate surface area is 117 Å². The fourth-order valence-electron chi connectivity index (χ4n) is 1.81. The maximum atomic E-state index is 12.2. The van der Waals surface area contributed by atoms with E-state index < -0.39 is 0 Å². The van der Waals surface area contributed by atoms with E-state index in [4.69, 9.17) is 8.83 Å². The van der Waals surface area contributed by atoms with Crippen molar-refractivity contribution in [3.63, 3.8) is 0 Å². The second-order valence-corrected chi connectivity index (χ2v) is 4.33. The minimum atomic E-state index is -0.0142. The van der Waals surface area contributed by atoms with Gasteiger partial charge < -0.3 is 19.1 Å². The van der Waals surface area contributed by atoms with E-state index >= 15 is 0 Å². The largest absolute Gasteiger partial charge is 0.467 e. The molecule has 0 radical (unpaired) electrons. The highest BCUT2D eigenvalue weighted by Crippen LogP contribution is 2.11. The van der Waals surface area contributed by atoms with Crippen LogP contribution in [0.3, 0.4) is 0 Å². The number of furan rings is 2. The summed E-state index contributed by atoms with van der Waals surface area (Å²) >= 11 is 0. The first-order chi connectivity index (χ1) is 9.79. The summed E-state index contributed by atoms with van der Waals surface area (Å²) in [7, 11) is 0. The van der Waals surface area contributed by atoms with Crippen LogP contribution in [0.5, 0.6) is 0 Å². The minimum Gasteiger partial charge on any atom is -0.467 e. The van der Waals surface area contributed by atoms with Crippen LogP contribution in [0.4, 0.5) is 0 Å². The second-order valence-electron chi connectivity index (χ2n) is 4.33. The lowest BCUT2D eigenvalue weighted by molar-refractivity contribution is -0.132. The summed E-state index contributed by atoms with van der Waals surface area (Å²) < 4.78 is 10.6. The van der Waals surface area contributed by atoms with Gasteiger partial charge in [-0.15, -0.1) is 6.58 Å². The number of amides is 1. The monoisotopic (exact) mass is 274 g/mol. The van der Waals surface area contributed by atoms with Gasteiger partial charge in [0.1, 0.15) is 11.5 Å². The van der Waals surface area contributed by atoms with Gasteiger partial charge in [0, 0.05) is 6.54 Å². The predicted octanol–water partition coefficient (Wildman–Crippen LogP) is 2.18. The highest BCUT2D eigenvalue weighted by atomic mass is 16.3. The fourth-order valence-corrected chi connectivity index (χ4v) is 1.81. The van der Waals surface area contributed by atoms with E-state index in [0.29, 0.717) is 19.6 Å². The number of hydrogen-bond donors (Lipinski definition) is 1. The normalized spacial score (nSPS) is 10.4. The van der Waals surface area contributed by atoms with Gasteiger partial charge in [-0.3, -0.25) is 4.79 Å². The molecule has 0 fully saturated rings. The van der Waals surface area contributed by atoms with Gasteiger partial charge in [0.25, 0.3) is 0 Å². The maximum Gasteiger partial charge on any atom is 0.237 e. The fraction of sp³-hybridized carbons (Fsp3) is 0.267. The molecule has 2 aromatic rings. The molecule has 2 heterocycles. The Morgan fingerprint density at radius 3 is 2.25 bits per heavy atom. The van der Waals surface area contributed by atoms with Crippen LogP contribution in [0.1, 0.15) is 11.5 Å². The van der Waals surface area contributed by atoms with Crippen LogP contribution in [0.15, 0.2) is 58.3 Å². The summed E-state index contributed by atoms with van der Waals surface area (Å²) in [4.78, 5) is 13.9. The molecule has 5 heteroatoms. The molecular formula is C15H18N2O3. The summed E-state index contributed by atoms with van der Waals surface area (Å²) in [5.74, 6) is 1.47. The zero-order chi connectivity index (χ0) is 14.2. The third-order valence-electron chi connectivity index (χ3n) is 2.77. The van der Waals surface area contributed by atoms with Crippen molar-refractivity contribution in [2.24, 2.45) is 0 Å². The van der Waals surface area contributed by atoms with Crippen LogP contribution in [-0.4, -0.2) is 23.9 Å². The first-order valence-corrected chi connectivity index (χ1v) is 6.43. The first kappa shape index (κ1) is 14.1. The van der Waals surface area contributed by atoms with Crippen LogP contribution < -0.4 is 5.32 Å². The number of rotatable bonds is 8. The topological polar surface area (TPSA) is 58.6 Å². The van der Waals surface area contributed by atoms with Crippen LogP contribution in [0.25, 0.3) is 0 Å². The van der Waals surface area contributed by atoms with Crippen LogP contribution >= 0.6 is 0 Å². The van der Waals surface area contributed by atoms with Crippen molar-refractivity contribution in [2.45, 2.75) is 13.1 Å². The summed E-state index contributed by atoms with van der Waals surface area (Å²) in [5.41, 5.74) is 0. The highest BCUT2D eigenvalue weighted by molar-refractivity contribution is 5.78. The van der Waals surface area contributed by atoms with Crippen LogP contribution in [0.2, 0.25) is 0 Å². The summed E-state index contributed by atoms with van der Waals surface area (Å²) in [6.07, 6.45) is 4.92. The Bertz CT molecular complexity index is 481. The summed E-state index contributed by atoms with van der Waals surface area (Å²) in [5, 5.41) is 3.00. The lowest BCUT2D eigenvalue weighted by atomic mass is 10.3. The van der Waals surface area contributed by atoms with E-state index in [0.717, 1.165) is 11.5 Å². The molecule has 2 rings (SSSR count). The zero-order valence-electron chi connectivity index (χ0n) is 11.2. The van der Waals surface area contributed by atoms with Crippen molar-refractivity contribution in [1.29, 1.82) is 0 Å². The molecule has 0 aliphatic heterocycles. The molecule has 0 aliphatic rings. The Kier molecular flexibility index (Phi) is 5.20. The zero-order valence-corrected chi connectivity index (χ0v) is 11.2. The van der Waals surface area contributed by atoms with Crippen molar-refractivity contribution in [2.75, 3.05) is 13.1 Å². The van der Waals surface area contributed by atoms with Crippen LogP contribution in [-0.2, 0) is 17.9 Å². The van der Waals surface area contributed by atoms with E-state index in [9.17, 15) is 4.79 Å². The highest BCUT2D eigenvalue weighted by Gasteiger charge is 2.16.